The van der Waals surface area contributed by atoms with Crippen molar-refractivity contribution in [2.75, 3.05) is 18.9 Å². The third kappa shape index (κ3) is 78.3. The lowest BCUT2D eigenvalue weighted by atomic mass is 10.0. The van der Waals surface area contributed by atoms with Crippen LogP contribution in [0.5, 0.6) is 0 Å². The molecule has 119 heavy (non-hydrogen) atoms. The molecule has 0 fully saturated rings. The van der Waals surface area contributed by atoms with Gasteiger partial charge in [-0.15, -0.1) is 0 Å². The molecule has 0 heterocycles. The summed E-state index contributed by atoms with van der Waals surface area (Å²) in [4.78, 5) is 200. The first-order chi connectivity index (χ1) is 54.2. The van der Waals surface area contributed by atoms with E-state index in [0.29, 0.717) is 19.3 Å². The minimum Gasteiger partial charge on any atom is -0.481 e. The van der Waals surface area contributed by atoms with Crippen LogP contribution < -0.4 is 103 Å². The maximum absolute atomic E-state index is 11.8. The number of carbonyl (C=O) groups excluding carboxylic acids is 10. The standard InChI is InChI=1S/C15H22N2O3.C14H27N3O6.C8H14N4O5.C5H10N2O4.C5H9NO4.2C5H11NO2.C4H8N2O3.C3H7NO2S.C3H7NO2/c1-10(2)8-12(16)14(18)20-15(19)13(17)9-11-6-4-3-5-7-11;1-6(2)5-9(15)13(20)22-8(4)11(17)14(21)23-7(3)10(16)12(18)19;9-3(1-5(11)13)7(15)17-8(16)4(10)2-6(12)14;6-1-4(8)11-2-3(7)5(9)10;6-3(5(9)10)1-2-4(7)8;2*1-3(2)4(6)5(7)8;5-2(4(8)9)1-3(6)7;4-2(1-7)3(5)6;1-2(4)3(5)6/h3-7,10,12-13H,8-9,16-17H2,1-2H3;6-11H,5,15-17H2,1-4H3,(H,18,19);3-4H,1-2,9-10H2,(H2,11,13)(H2,12,14);3H,1-2,6-7H2,(H,9,10);3H,1-2,6H2,(H,7,8)(H,9,10);2*3-4H,6H2,1-2H3,(H,7,8);2H,1,5H2,(H2,6,7)(H,8,9);2,7H,1,4H2,(H,5,6);2H,4H2,1H3,(H,5,6)/t12-,13-;7-,8-,9+,10+,11+;3-,4-;2*3-;2*4-;3*2-/m0100000000/s1. The second-order valence-corrected chi connectivity index (χ2v) is 26.6. The molecule has 0 aliphatic carbocycles. The fourth-order valence-corrected chi connectivity index (χ4v) is 6.16. The number of aliphatic carboxylic acids is 9. The maximum Gasteiger partial charge on any atom is 0.331 e. The van der Waals surface area contributed by atoms with Crippen molar-refractivity contribution >= 4 is 126 Å². The summed E-state index contributed by atoms with van der Waals surface area (Å²) in [5, 5.41) is 73.7. The number of ether oxygens (including phenoxy) is 5. The molecule has 52 heteroatoms. The average molecular weight is 1740 g/mol. The van der Waals surface area contributed by atoms with E-state index >= 15 is 0 Å². The quantitative estimate of drug-likeness (QED) is 0.0126. The molecule has 51 nitrogen and oxygen atoms in total. The first kappa shape index (κ1) is 126. The predicted octanol–water partition coefficient (Wildman–Crippen LogP) is -9.28. The number of rotatable bonds is 39. The molecule has 0 saturated heterocycles. The fraction of sp³-hybridized carbons (Fsp3) is 0.627. The lowest BCUT2D eigenvalue weighted by molar-refractivity contribution is -0.163. The van der Waals surface area contributed by atoms with Crippen LogP contribution >= 0.6 is 12.6 Å². The van der Waals surface area contributed by atoms with Crippen LogP contribution in [0.3, 0.4) is 0 Å². The molecule has 0 radical (unpaired) electrons. The topological polar surface area (TPSA) is 1020 Å². The summed E-state index contributed by atoms with van der Waals surface area (Å²) < 4.78 is 23.2. The molecule has 0 aliphatic rings. The predicted molar refractivity (Wildman–Crippen MR) is 423 cm³/mol. The summed E-state index contributed by atoms with van der Waals surface area (Å²) >= 11 is 3.65. The molecule has 0 bridgehead atoms. The van der Waals surface area contributed by atoms with Crippen molar-refractivity contribution in [3.63, 3.8) is 0 Å². The number of carboxylic acids is 9. The zero-order valence-corrected chi connectivity index (χ0v) is 68.8. The van der Waals surface area contributed by atoms with Gasteiger partial charge in [-0.3, -0.25) is 71.9 Å². The Labute approximate surface area is 690 Å². The highest BCUT2D eigenvalue weighted by atomic mass is 32.1. The van der Waals surface area contributed by atoms with Gasteiger partial charge in [0.2, 0.25) is 17.7 Å². The third-order valence-electron chi connectivity index (χ3n) is 13.2. The summed E-state index contributed by atoms with van der Waals surface area (Å²) in [6.07, 6.45) is -2.26. The lowest BCUT2D eigenvalue weighted by Gasteiger charge is -2.24. The molecule has 0 unspecified atom stereocenters. The van der Waals surface area contributed by atoms with Crippen LogP contribution in [0.25, 0.3) is 0 Å². The molecule has 1 aromatic rings. The second-order valence-electron chi connectivity index (χ2n) is 26.3. The number of thiol groups is 1. The average Bonchev–Trinajstić information content (AvgIpc) is 0.892. The molecule has 3 amide bonds. The molecule has 0 saturated carbocycles. The molecule has 45 N–H and O–H groups in total. The Kier molecular flexibility index (Phi) is 75.9. The highest BCUT2D eigenvalue weighted by Gasteiger charge is 2.32. The van der Waals surface area contributed by atoms with Crippen molar-refractivity contribution in [3.05, 3.63) is 35.9 Å². The molecule has 16 atom stereocenters. The van der Waals surface area contributed by atoms with Gasteiger partial charge in [0.1, 0.15) is 103 Å². The van der Waals surface area contributed by atoms with E-state index in [1.807, 2.05) is 58.0 Å². The number of amides is 3. The maximum atomic E-state index is 11.8. The van der Waals surface area contributed by atoms with E-state index in [0.717, 1.165) is 5.56 Å². The molecule has 1 rings (SSSR count). The van der Waals surface area contributed by atoms with E-state index in [1.54, 1.807) is 27.7 Å². The molecule has 0 spiro atoms. The Hall–Kier alpha value is -10.7. The fourth-order valence-electron chi connectivity index (χ4n) is 6.00. The highest BCUT2D eigenvalue weighted by molar-refractivity contribution is 7.80. The van der Waals surface area contributed by atoms with Gasteiger partial charge in [-0.1, -0.05) is 85.7 Å². The molecule has 688 valence electrons. The van der Waals surface area contributed by atoms with Crippen molar-refractivity contribution in [1.29, 1.82) is 0 Å². The van der Waals surface area contributed by atoms with Gasteiger partial charge in [0.15, 0.2) is 0 Å². The summed E-state index contributed by atoms with van der Waals surface area (Å²) in [6.45, 7) is 18.4. The van der Waals surface area contributed by atoms with Gasteiger partial charge in [-0.25, -0.2) is 19.2 Å². The van der Waals surface area contributed by atoms with Gasteiger partial charge in [0.05, 0.1) is 25.8 Å². The van der Waals surface area contributed by atoms with Crippen LogP contribution in [0.2, 0.25) is 0 Å². The third-order valence-corrected chi connectivity index (χ3v) is 13.6. The Morgan fingerprint density at radius 1 is 0.361 bits per heavy atom. The van der Waals surface area contributed by atoms with Crippen molar-refractivity contribution in [2.24, 2.45) is 127 Å². The van der Waals surface area contributed by atoms with Crippen LogP contribution in [0.1, 0.15) is 127 Å². The van der Waals surface area contributed by atoms with Gasteiger partial charge in [0.25, 0.3) is 0 Å². The first-order valence-electron chi connectivity index (χ1n) is 35.1. The number of hydrogen-bond acceptors (Lipinski definition) is 40. The van der Waals surface area contributed by atoms with Gasteiger partial charge < -0.3 is 173 Å². The van der Waals surface area contributed by atoms with Gasteiger partial charge in [-0.05, 0) is 75.7 Å². The molecule has 0 aromatic heterocycles. The summed E-state index contributed by atoms with van der Waals surface area (Å²) in [6, 6.07) is -4.86. The van der Waals surface area contributed by atoms with Crippen LogP contribution in [0.15, 0.2) is 30.3 Å². The largest absolute Gasteiger partial charge is 0.481 e. The number of primary amides is 3. The molecular weight excluding hydrogens is 1620 g/mol. The lowest BCUT2D eigenvalue weighted by Crippen LogP contribution is -2.49. The Balaban J connectivity index is -0.000000167. The van der Waals surface area contributed by atoms with Crippen LogP contribution in [0, 0.1) is 23.7 Å². The van der Waals surface area contributed by atoms with Crippen molar-refractivity contribution in [3.8, 4) is 0 Å². The summed E-state index contributed by atoms with van der Waals surface area (Å²) in [5.41, 5.74) is 93.5. The molecular formula is C67H126N18O33S. The van der Waals surface area contributed by atoms with E-state index < -0.39 is 223 Å². The highest BCUT2D eigenvalue weighted by Crippen LogP contribution is 2.11. The number of hydrogen-bond donors (Lipinski definition) is 28. The van der Waals surface area contributed by atoms with Crippen molar-refractivity contribution < 1.29 is 161 Å². The Morgan fingerprint density at radius 3 is 0.933 bits per heavy atom. The Morgan fingerprint density at radius 2 is 0.672 bits per heavy atom. The molecule has 0 aliphatic heterocycles. The normalized spacial score (nSPS) is 14.2. The minimum atomic E-state index is -1.37. The first-order valence-corrected chi connectivity index (χ1v) is 35.7. The van der Waals surface area contributed by atoms with Gasteiger partial charge in [0, 0.05) is 12.2 Å². The summed E-state index contributed by atoms with van der Waals surface area (Å²) in [5.74, 6) is -17.4. The van der Waals surface area contributed by atoms with E-state index in [4.69, 9.17) is 158 Å². The van der Waals surface area contributed by atoms with E-state index in [2.05, 4.69) is 27.8 Å². The Bertz CT molecular complexity index is 3220. The zero-order valence-electron chi connectivity index (χ0n) is 67.9. The van der Waals surface area contributed by atoms with Crippen LogP contribution in [-0.4, -0.2) is 275 Å². The zero-order chi connectivity index (χ0) is 95.9. The number of nitrogens with two attached hydrogens (primary N) is 18. The van der Waals surface area contributed by atoms with Crippen LogP contribution in [0.4, 0.5) is 0 Å². The SMILES string of the molecule is CC(C)C[C@H](N)C(=O)OC(=O)[C@@H](N)Cc1ccccc1.CC(C)C[C@H](N)C(=O)O[C@H](C)[C@H](N)C(=O)O[C@H](C)[C@H](N)C(=O)O.CC(C)[C@H](N)C(=O)O.CC(C)[C@H](N)C(=O)O.C[C@H](N)C(=O)O.NC(=O)C[C@H](N)C(=O)O.NC(=O)C[C@H](N)C(=O)OC(=O)[C@@H](N)CC(N)=O.NCC(=O)OC[C@H](N)C(=O)O.N[C@@H](CCC(=O)O)C(=O)O.N[C@@H](CS)C(=O)O. The van der Waals surface area contributed by atoms with E-state index in [1.165, 1.54) is 20.8 Å². The number of esters is 7. The van der Waals surface area contributed by atoms with Gasteiger partial charge in [-0.2, -0.15) is 12.6 Å². The number of carboxylic acid groups (broad SMARTS) is 9. The number of carbonyl (C=O) groups is 19. The molecule has 1 aromatic carbocycles. The monoisotopic (exact) mass is 1740 g/mol. The van der Waals surface area contributed by atoms with Crippen molar-refractivity contribution in [1.82, 2.24) is 0 Å². The van der Waals surface area contributed by atoms with E-state index in [9.17, 15) is 91.1 Å². The number of benzene rings is 1. The summed E-state index contributed by atoms with van der Waals surface area (Å²) in [7, 11) is 0. The second kappa shape index (κ2) is 71.4. The van der Waals surface area contributed by atoms with Crippen LogP contribution in [-0.2, 0) is 121 Å². The van der Waals surface area contributed by atoms with E-state index in [-0.39, 0.29) is 61.8 Å². The minimum absolute atomic E-state index is 0.0208. The van der Waals surface area contributed by atoms with Gasteiger partial charge >= 0.3 is 95.5 Å². The van der Waals surface area contributed by atoms with Crippen molar-refractivity contribution in [2.45, 2.75) is 224 Å². The smallest absolute Gasteiger partial charge is 0.331 e.